The van der Waals surface area contributed by atoms with E-state index >= 15 is 0 Å². The number of carbonyl (C=O) groups excluding carboxylic acids is 1. The van der Waals surface area contributed by atoms with Crippen molar-refractivity contribution in [1.29, 1.82) is 0 Å². The number of methoxy groups -OCH3 is 1. The van der Waals surface area contributed by atoms with E-state index in [1.807, 2.05) is 19.9 Å². The fourth-order valence-electron chi connectivity index (χ4n) is 3.59. The van der Waals surface area contributed by atoms with Gasteiger partial charge in [-0.25, -0.2) is 12.8 Å². The number of hydrogen-bond donors (Lipinski definition) is 1. The van der Waals surface area contributed by atoms with Crippen molar-refractivity contribution in [3.8, 4) is 11.5 Å². The standard InChI is InChI=1S/C22H27FN2O5S/c1-22(2)12-19(17-10-9-16(29-3)11-20(17)30-22)24-21(26)14-25(31(4,27)28)13-15-7-5-6-8-18(15)23/h5-11,19H,12-14H2,1-4H3,(H,24,26)/t19-/m1/s1. The molecule has 3 rings (SSSR count). The van der Waals surface area contributed by atoms with Crippen molar-refractivity contribution in [2.24, 2.45) is 0 Å². The van der Waals surface area contributed by atoms with E-state index in [1.54, 1.807) is 25.3 Å². The van der Waals surface area contributed by atoms with Crippen molar-refractivity contribution in [3.63, 3.8) is 0 Å². The number of nitrogens with one attached hydrogen (secondary N) is 1. The Balaban J connectivity index is 1.79. The van der Waals surface area contributed by atoms with Gasteiger partial charge in [-0.15, -0.1) is 0 Å². The maximum atomic E-state index is 14.0. The van der Waals surface area contributed by atoms with Crippen LogP contribution in [0.1, 0.15) is 37.4 Å². The van der Waals surface area contributed by atoms with Gasteiger partial charge >= 0.3 is 0 Å². The number of fused-ring (bicyclic) bond motifs is 1. The Morgan fingerprint density at radius 2 is 2.00 bits per heavy atom. The molecule has 0 unspecified atom stereocenters. The Labute approximate surface area is 182 Å². The molecule has 1 aliphatic heterocycles. The van der Waals surface area contributed by atoms with Gasteiger partial charge in [0, 0.05) is 30.2 Å². The number of halogens is 1. The van der Waals surface area contributed by atoms with Crippen LogP contribution in [0.15, 0.2) is 42.5 Å². The second-order valence-electron chi connectivity index (χ2n) is 8.21. The van der Waals surface area contributed by atoms with Crippen molar-refractivity contribution in [3.05, 3.63) is 59.4 Å². The number of amides is 1. The van der Waals surface area contributed by atoms with Crippen LogP contribution in [0.3, 0.4) is 0 Å². The largest absolute Gasteiger partial charge is 0.497 e. The molecular formula is C22H27FN2O5S. The van der Waals surface area contributed by atoms with Gasteiger partial charge < -0.3 is 14.8 Å². The fraction of sp³-hybridized carbons (Fsp3) is 0.409. The zero-order valence-electron chi connectivity index (χ0n) is 18.0. The van der Waals surface area contributed by atoms with Crippen LogP contribution in [0.4, 0.5) is 4.39 Å². The smallest absolute Gasteiger partial charge is 0.235 e. The summed E-state index contributed by atoms with van der Waals surface area (Å²) < 4.78 is 50.7. The normalized spacial score (nSPS) is 17.5. The first-order valence-electron chi connectivity index (χ1n) is 9.83. The lowest BCUT2D eigenvalue weighted by molar-refractivity contribution is -0.122. The minimum Gasteiger partial charge on any atom is -0.497 e. The van der Waals surface area contributed by atoms with Gasteiger partial charge in [-0.3, -0.25) is 4.79 Å². The summed E-state index contributed by atoms with van der Waals surface area (Å²) in [5, 5.41) is 2.91. The first kappa shape index (κ1) is 23.0. The van der Waals surface area contributed by atoms with E-state index in [1.165, 1.54) is 18.2 Å². The molecule has 1 amide bonds. The molecule has 0 aromatic heterocycles. The van der Waals surface area contributed by atoms with Crippen LogP contribution in [0.2, 0.25) is 0 Å². The number of nitrogens with zero attached hydrogens (tertiary/aromatic N) is 1. The number of sulfonamides is 1. The Kier molecular flexibility index (Phi) is 6.56. The van der Waals surface area contributed by atoms with Crippen LogP contribution in [0, 0.1) is 5.82 Å². The summed E-state index contributed by atoms with van der Waals surface area (Å²) in [5.41, 5.74) is 0.444. The molecule has 31 heavy (non-hydrogen) atoms. The monoisotopic (exact) mass is 450 g/mol. The molecule has 0 fully saturated rings. The number of ether oxygens (including phenoxy) is 2. The van der Waals surface area contributed by atoms with Crippen LogP contribution < -0.4 is 14.8 Å². The summed E-state index contributed by atoms with van der Waals surface area (Å²) in [7, 11) is -2.18. The Bertz CT molecular complexity index is 1070. The first-order valence-corrected chi connectivity index (χ1v) is 11.7. The second kappa shape index (κ2) is 8.84. The van der Waals surface area contributed by atoms with Gasteiger partial charge in [-0.05, 0) is 32.0 Å². The summed E-state index contributed by atoms with van der Waals surface area (Å²) in [6.07, 6.45) is 1.50. The quantitative estimate of drug-likeness (QED) is 0.701. The molecule has 0 saturated heterocycles. The lowest BCUT2D eigenvalue weighted by atomic mass is 9.89. The second-order valence-corrected chi connectivity index (χ2v) is 10.2. The number of carbonyl (C=O) groups is 1. The molecular weight excluding hydrogens is 423 g/mol. The van der Waals surface area contributed by atoms with Gasteiger partial charge in [-0.1, -0.05) is 18.2 Å². The molecule has 1 N–H and O–H groups in total. The average Bonchev–Trinajstić information content (AvgIpc) is 2.66. The highest BCUT2D eigenvalue weighted by Gasteiger charge is 2.35. The number of benzene rings is 2. The Hall–Kier alpha value is -2.65. The summed E-state index contributed by atoms with van der Waals surface area (Å²) in [5.74, 6) is 0.235. The van der Waals surface area contributed by atoms with Gasteiger partial charge in [0.2, 0.25) is 15.9 Å². The summed E-state index contributed by atoms with van der Waals surface area (Å²) >= 11 is 0. The van der Waals surface area contributed by atoms with Crippen molar-refractivity contribution < 1.29 is 27.1 Å². The summed E-state index contributed by atoms with van der Waals surface area (Å²) in [6.45, 7) is 3.17. The predicted molar refractivity (Wildman–Crippen MR) is 115 cm³/mol. The molecule has 2 aromatic rings. The zero-order chi connectivity index (χ0) is 22.8. The molecule has 1 heterocycles. The van der Waals surface area contributed by atoms with Crippen LogP contribution >= 0.6 is 0 Å². The maximum absolute atomic E-state index is 14.0. The maximum Gasteiger partial charge on any atom is 0.235 e. The van der Waals surface area contributed by atoms with Gasteiger partial charge in [0.1, 0.15) is 22.9 Å². The topological polar surface area (TPSA) is 84.9 Å². The van der Waals surface area contributed by atoms with Crippen LogP contribution in [0.5, 0.6) is 11.5 Å². The number of hydrogen-bond acceptors (Lipinski definition) is 5. The molecule has 1 atom stereocenters. The van der Waals surface area contributed by atoms with E-state index in [-0.39, 0.29) is 18.2 Å². The Morgan fingerprint density at radius 3 is 2.65 bits per heavy atom. The SMILES string of the molecule is COc1ccc2c(c1)OC(C)(C)C[C@H]2NC(=O)CN(Cc1ccccc1F)S(C)(=O)=O. The lowest BCUT2D eigenvalue weighted by Gasteiger charge is -2.38. The Morgan fingerprint density at radius 1 is 1.29 bits per heavy atom. The van der Waals surface area contributed by atoms with E-state index in [2.05, 4.69) is 5.32 Å². The summed E-state index contributed by atoms with van der Waals surface area (Å²) in [6, 6.07) is 10.9. The van der Waals surface area contributed by atoms with E-state index in [0.717, 1.165) is 16.1 Å². The molecule has 1 aliphatic rings. The highest BCUT2D eigenvalue weighted by molar-refractivity contribution is 7.88. The van der Waals surface area contributed by atoms with Gasteiger partial charge in [0.25, 0.3) is 0 Å². The van der Waals surface area contributed by atoms with Gasteiger partial charge in [-0.2, -0.15) is 4.31 Å². The van der Waals surface area contributed by atoms with Gasteiger partial charge in [0.15, 0.2) is 0 Å². The van der Waals surface area contributed by atoms with Crippen molar-refractivity contribution in [2.75, 3.05) is 19.9 Å². The highest BCUT2D eigenvalue weighted by Crippen LogP contribution is 2.41. The highest BCUT2D eigenvalue weighted by atomic mass is 32.2. The number of rotatable bonds is 7. The van der Waals surface area contributed by atoms with Crippen LogP contribution in [-0.4, -0.2) is 44.1 Å². The molecule has 9 heteroatoms. The van der Waals surface area contributed by atoms with E-state index in [4.69, 9.17) is 9.47 Å². The van der Waals surface area contributed by atoms with E-state index in [0.29, 0.717) is 17.9 Å². The van der Waals surface area contributed by atoms with Crippen molar-refractivity contribution in [1.82, 2.24) is 9.62 Å². The minimum atomic E-state index is -3.74. The van der Waals surface area contributed by atoms with Crippen LogP contribution in [-0.2, 0) is 21.4 Å². The van der Waals surface area contributed by atoms with Crippen LogP contribution in [0.25, 0.3) is 0 Å². The zero-order valence-corrected chi connectivity index (χ0v) is 18.8. The average molecular weight is 451 g/mol. The van der Waals surface area contributed by atoms with E-state index < -0.39 is 33.9 Å². The van der Waals surface area contributed by atoms with Gasteiger partial charge in [0.05, 0.1) is 26.0 Å². The van der Waals surface area contributed by atoms with Crippen molar-refractivity contribution >= 4 is 15.9 Å². The third kappa shape index (κ3) is 5.74. The fourth-order valence-corrected chi connectivity index (χ4v) is 4.32. The predicted octanol–water partition coefficient (Wildman–Crippen LogP) is 3.01. The third-order valence-corrected chi connectivity index (χ3v) is 6.30. The van der Waals surface area contributed by atoms with Crippen molar-refractivity contribution in [2.45, 2.75) is 38.5 Å². The molecule has 0 spiro atoms. The molecule has 168 valence electrons. The molecule has 7 nitrogen and oxygen atoms in total. The molecule has 0 aliphatic carbocycles. The molecule has 2 aromatic carbocycles. The summed E-state index contributed by atoms with van der Waals surface area (Å²) in [4.78, 5) is 12.8. The minimum absolute atomic E-state index is 0.199. The molecule has 0 saturated carbocycles. The molecule has 0 radical (unpaired) electrons. The molecule has 0 bridgehead atoms. The lowest BCUT2D eigenvalue weighted by Crippen LogP contribution is -2.45. The first-order chi connectivity index (χ1) is 14.5. The third-order valence-electron chi connectivity index (χ3n) is 5.11. The van der Waals surface area contributed by atoms with E-state index in [9.17, 15) is 17.6 Å².